The van der Waals surface area contributed by atoms with Crippen LogP contribution >= 0.6 is 11.6 Å². The molecule has 0 atom stereocenters. The van der Waals surface area contributed by atoms with E-state index < -0.39 is 0 Å². The standard InChI is InChI=1S/C11H14ClN3O/c1-7-11(12)5-14-15(7)6-9-3-10(4-13)16-8(9)2/h3,5H,4,6,13H2,1-2H3. The number of aromatic nitrogens is 2. The summed E-state index contributed by atoms with van der Waals surface area (Å²) in [5.41, 5.74) is 7.56. The zero-order valence-corrected chi connectivity index (χ0v) is 10.1. The second-order valence-electron chi connectivity index (χ2n) is 3.73. The van der Waals surface area contributed by atoms with Crippen LogP contribution in [0.5, 0.6) is 0 Å². The second kappa shape index (κ2) is 4.31. The Labute approximate surface area is 99.0 Å². The van der Waals surface area contributed by atoms with Gasteiger partial charge in [0, 0.05) is 5.56 Å². The highest BCUT2D eigenvalue weighted by Crippen LogP contribution is 2.18. The van der Waals surface area contributed by atoms with Crippen molar-refractivity contribution in [2.75, 3.05) is 0 Å². The molecular formula is C11H14ClN3O. The molecule has 0 aromatic carbocycles. The zero-order valence-electron chi connectivity index (χ0n) is 9.33. The Balaban J connectivity index is 2.26. The van der Waals surface area contributed by atoms with Crippen LogP contribution in [0.15, 0.2) is 16.7 Å². The minimum absolute atomic E-state index is 0.416. The predicted octanol–water partition coefficient (Wildman–Crippen LogP) is 2.25. The van der Waals surface area contributed by atoms with Crippen molar-refractivity contribution in [1.82, 2.24) is 9.78 Å². The minimum atomic E-state index is 0.416. The van der Waals surface area contributed by atoms with Gasteiger partial charge in [0.2, 0.25) is 0 Å². The van der Waals surface area contributed by atoms with E-state index in [2.05, 4.69) is 5.10 Å². The summed E-state index contributed by atoms with van der Waals surface area (Å²) in [6.45, 7) is 4.94. The Hall–Kier alpha value is -1.26. The van der Waals surface area contributed by atoms with Gasteiger partial charge in [-0.1, -0.05) is 11.6 Å². The number of hydrogen-bond donors (Lipinski definition) is 1. The molecule has 5 heteroatoms. The molecule has 4 nitrogen and oxygen atoms in total. The summed E-state index contributed by atoms with van der Waals surface area (Å²) < 4.78 is 7.33. The molecule has 2 rings (SSSR count). The Morgan fingerprint density at radius 1 is 1.50 bits per heavy atom. The maximum absolute atomic E-state index is 5.94. The molecule has 2 aromatic heterocycles. The van der Waals surface area contributed by atoms with E-state index in [0.717, 1.165) is 22.8 Å². The lowest BCUT2D eigenvalue weighted by Gasteiger charge is -2.02. The Morgan fingerprint density at radius 2 is 2.25 bits per heavy atom. The molecule has 0 saturated heterocycles. The fraction of sp³-hybridized carbons (Fsp3) is 0.364. The third-order valence-corrected chi connectivity index (χ3v) is 3.01. The van der Waals surface area contributed by atoms with Crippen LogP contribution in [0, 0.1) is 13.8 Å². The van der Waals surface area contributed by atoms with Crippen LogP contribution in [0.4, 0.5) is 0 Å². The van der Waals surface area contributed by atoms with Crippen molar-refractivity contribution >= 4 is 11.6 Å². The third-order valence-electron chi connectivity index (χ3n) is 2.64. The van der Waals surface area contributed by atoms with Gasteiger partial charge in [0.05, 0.1) is 30.0 Å². The van der Waals surface area contributed by atoms with Crippen molar-refractivity contribution in [2.24, 2.45) is 5.73 Å². The number of hydrogen-bond acceptors (Lipinski definition) is 3. The summed E-state index contributed by atoms with van der Waals surface area (Å²) in [6.07, 6.45) is 1.65. The first-order chi connectivity index (χ1) is 7.61. The SMILES string of the molecule is Cc1oc(CN)cc1Cn1ncc(Cl)c1C. The van der Waals surface area contributed by atoms with Gasteiger partial charge in [0.25, 0.3) is 0 Å². The number of nitrogens with two attached hydrogens (primary N) is 1. The van der Waals surface area contributed by atoms with Gasteiger partial charge in [0.1, 0.15) is 11.5 Å². The third kappa shape index (κ3) is 1.99. The van der Waals surface area contributed by atoms with E-state index >= 15 is 0 Å². The predicted molar refractivity (Wildman–Crippen MR) is 62.4 cm³/mol. The average Bonchev–Trinajstić information content (AvgIpc) is 2.77. The topological polar surface area (TPSA) is 57.0 Å². The zero-order chi connectivity index (χ0) is 11.7. The van der Waals surface area contributed by atoms with Crippen molar-refractivity contribution < 1.29 is 4.42 Å². The Morgan fingerprint density at radius 3 is 2.75 bits per heavy atom. The summed E-state index contributed by atoms with van der Waals surface area (Å²) in [7, 11) is 0. The van der Waals surface area contributed by atoms with Crippen LogP contribution in [-0.2, 0) is 13.1 Å². The highest BCUT2D eigenvalue weighted by molar-refractivity contribution is 6.31. The summed E-state index contributed by atoms with van der Waals surface area (Å²) in [6, 6.07) is 1.96. The van der Waals surface area contributed by atoms with E-state index in [9.17, 15) is 0 Å². The van der Waals surface area contributed by atoms with Crippen LogP contribution in [0.3, 0.4) is 0 Å². The second-order valence-corrected chi connectivity index (χ2v) is 4.14. The lowest BCUT2D eigenvalue weighted by molar-refractivity contribution is 0.480. The highest BCUT2D eigenvalue weighted by Gasteiger charge is 2.10. The number of rotatable bonds is 3. The molecule has 2 N–H and O–H groups in total. The summed E-state index contributed by atoms with van der Waals surface area (Å²) in [5.74, 6) is 1.68. The van der Waals surface area contributed by atoms with Crippen LogP contribution in [0.1, 0.15) is 22.8 Å². The molecule has 0 saturated carbocycles. The van der Waals surface area contributed by atoms with E-state index in [1.807, 2.05) is 24.6 Å². The van der Waals surface area contributed by atoms with Crippen LogP contribution in [-0.4, -0.2) is 9.78 Å². The number of furan rings is 1. The maximum Gasteiger partial charge on any atom is 0.118 e. The van der Waals surface area contributed by atoms with E-state index in [0.29, 0.717) is 18.1 Å². The molecule has 2 heterocycles. The van der Waals surface area contributed by atoms with Gasteiger partial charge in [-0.05, 0) is 19.9 Å². The molecule has 0 aliphatic heterocycles. The van der Waals surface area contributed by atoms with Crippen LogP contribution < -0.4 is 5.73 Å². The number of halogens is 1. The monoisotopic (exact) mass is 239 g/mol. The van der Waals surface area contributed by atoms with Crippen LogP contribution in [0.25, 0.3) is 0 Å². The normalized spacial score (nSPS) is 11.0. The maximum atomic E-state index is 5.94. The number of aryl methyl sites for hydroxylation is 1. The molecule has 0 spiro atoms. The van der Waals surface area contributed by atoms with Crippen molar-refractivity contribution in [3.63, 3.8) is 0 Å². The molecule has 16 heavy (non-hydrogen) atoms. The summed E-state index contributed by atoms with van der Waals surface area (Å²) in [5, 5.41) is 4.88. The van der Waals surface area contributed by atoms with Gasteiger partial charge >= 0.3 is 0 Å². The molecule has 0 aliphatic rings. The van der Waals surface area contributed by atoms with E-state index in [1.165, 1.54) is 0 Å². The Bertz CT molecular complexity index is 501. The lowest BCUT2D eigenvalue weighted by atomic mass is 10.2. The van der Waals surface area contributed by atoms with Gasteiger partial charge in [-0.25, -0.2) is 0 Å². The Kier molecular flexibility index (Phi) is 3.03. The van der Waals surface area contributed by atoms with Crippen molar-refractivity contribution in [3.8, 4) is 0 Å². The molecule has 0 unspecified atom stereocenters. The molecule has 2 aromatic rings. The number of nitrogens with zero attached hydrogens (tertiary/aromatic N) is 2. The fourth-order valence-electron chi connectivity index (χ4n) is 1.59. The molecule has 86 valence electrons. The van der Waals surface area contributed by atoms with Crippen molar-refractivity contribution in [1.29, 1.82) is 0 Å². The van der Waals surface area contributed by atoms with Gasteiger partial charge in [-0.15, -0.1) is 0 Å². The fourth-order valence-corrected chi connectivity index (χ4v) is 1.73. The highest BCUT2D eigenvalue weighted by atomic mass is 35.5. The molecule has 0 bridgehead atoms. The van der Waals surface area contributed by atoms with Crippen molar-refractivity contribution in [3.05, 3.63) is 40.1 Å². The summed E-state index contributed by atoms with van der Waals surface area (Å²) in [4.78, 5) is 0. The lowest BCUT2D eigenvalue weighted by Crippen LogP contribution is -2.03. The van der Waals surface area contributed by atoms with E-state index in [1.54, 1.807) is 6.20 Å². The minimum Gasteiger partial charge on any atom is -0.465 e. The van der Waals surface area contributed by atoms with Gasteiger partial charge < -0.3 is 10.2 Å². The van der Waals surface area contributed by atoms with Gasteiger partial charge in [-0.3, -0.25) is 4.68 Å². The average molecular weight is 240 g/mol. The molecule has 0 radical (unpaired) electrons. The van der Waals surface area contributed by atoms with Gasteiger partial charge in [0.15, 0.2) is 0 Å². The molecule has 0 amide bonds. The smallest absolute Gasteiger partial charge is 0.118 e. The first kappa shape index (κ1) is 11.2. The van der Waals surface area contributed by atoms with Gasteiger partial charge in [-0.2, -0.15) is 5.10 Å². The van der Waals surface area contributed by atoms with E-state index in [-0.39, 0.29) is 0 Å². The first-order valence-corrected chi connectivity index (χ1v) is 5.45. The van der Waals surface area contributed by atoms with Crippen LogP contribution in [0.2, 0.25) is 5.02 Å². The van der Waals surface area contributed by atoms with E-state index in [4.69, 9.17) is 21.8 Å². The summed E-state index contributed by atoms with van der Waals surface area (Å²) >= 11 is 5.94. The molecule has 0 fully saturated rings. The first-order valence-electron chi connectivity index (χ1n) is 5.08. The molecule has 0 aliphatic carbocycles. The molecular weight excluding hydrogens is 226 g/mol. The largest absolute Gasteiger partial charge is 0.465 e. The quantitative estimate of drug-likeness (QED) is 0.894. The van der Waals surface area contributed by atoms with Crippen molar-refractivity contribution in [2.45, 2.75) is 26.9 Å².